The molecule has 0 radical (unpaired) electrons. The van der Waals surface area contributed by atoms with Crippen molar-refractivity contribution >= 4 is 37.3 Å². The minimum atomic E-state index is -3.07. The number of nitrogens with zero attached hydrogens (tertiary/aromatic N) is 2. The topological polar surface area (TPSA) is 257 Å². The van der Waals surface area contributed by atoms with Gasteiger partial charge in [0.25, 0.3) is 0 Å². The van der Waals surface area contributed by atoms with E-state index in [2.05, 4.69) is 10.6 Å². The minimum absolute atomic E-state index is 0. The number of rotatable bonds is 10. The van der Waals surface area contributed by atoms with E-state index in [1.807, 2.05) is 0 Å². The summed E-state index contributed by atoms with van der Waals surface area (Å²) < 4.78 is 21.9. The van der Waals surface area contributed by atoms with Crippen LogP contribution in [0.3, 0.4) is 0 Å². The van der Waals surface area contributed by atoms with Gasteiger partial charge in [0.05, 0.1) is 37.7 Å². The first-order chi connectivity index (χ1) is 26.6. The van der Waals surface area contributed by atoms with Gasteiger partial charge in [-0.3, -0.25) is 9.59 Å². The molecule has 0 spiro atoms. The van der Waals surface area contributed by atoms with Crippen molar-refractivity contribution in [2.75, 3.05) is 39.3 Å². The zero-order chi connectivity index (χ0) is 39.8. The van der Waals surface area contributed by atoms with Crippen LogP contribution in [0.25, 0.3) is 0 Å². The fourth-order valence-electron chi connectivity index (χ4n) is 8.00. The average Bonchev–Trinajstić information content (AvgIpc) is 3.81. The predicted molar refractivity (Wildman–Crippen MR) is 199 cm³/mol. The van der Waals surface area contributed by atoms with Gasteiger partial charge in [-0.15, -0.1) is 0 Å². The molecule has 2 aromatic rings. The van der Waals surface area contributed by atoms with Crippen LogP contribution in [0.2, 0.25) is 12.6 Å². The van der Waals surface area contributed by atoms with Crippen LogP contribution in [0.15, 0.2) is 24.3 Å². The molecule has 0 aliphatic carbocycles. The Morgan fingerprint density at radius 3 is 1.36 bits per heavy atom. The summed E-state index contributed by atoms with van der Waals surface area (Å²) in [7, 11) is 0. The number of aromatic carboxylic acids is 2. The summed E-state index contributed by atoms with van der Waals surface area (Å²) in [5, 5.41) is 64.9. The summed E-state index contributed by atoms with van der Waals surface area (Å²) in [5.41, 5.74) is 0.762. The third kappa shape index (κ3) is 11.0. The number of carboxylic acids is 2. The van der Waals surface area contributed by atoms with E-state index in [-0.39, 0.29) is 142 Å². The molecule has 6 heterocycles. The zero-order valence-electron chi connectivity index (χ0n) is 32.9. The van der Waals surface area contributed by atoms with E-state index >= 15 is 0 Å². The van der Waals surface area contributed by atoms with E-state index in [0.29, 0.717) is 63.0 Å². The third-order valence-corrected chi connectivity index (χ3v) is 11.2. The van der Waals surface area contributed by atoms with Gasteiger partial charge in [0.1, 0.15) is 34.8 Å². The van der Waals surface area contributed by atoms with E-state index in [9.17, 15) is 49.5 Å². The molecule has 0 aromatic heterocycles. The van der Waals surface area contributed by atoms with Crippen LogP contribution < -0.4 is 88.5 Å². The molecule has 2 aromatic carbocycles. The summed E-state index contributed by atoms with van der Waals surface area (Å²) in [6, 6.07) is 6.96. The molecule has 4 fully saturated rings. The van der Waals surface area contributed by atoms with Crippen LogP contribution in [0.1, 0.15) is 70.4 Å². The van der Waals surface area contributed by atoms with Crippen LogP contribution >= 0.6 is 0 Å². The number of nitrogens with one attached hydrogen (secondary N) is 2. The van der Waals surface area contributed by atoms with Gasteiger partial charge in [0, 0.05) is 24.9 Å². The predicted octanol–water partition coefficient (Wildman–Crippen LogP) is -6.04. The Labute approximate surface area is 379 Å². The first-order valence-electron chi connectivity index (χ1n) is 19.4. The second kappa shape index (κ2) is 19.4. The van der Waals surface area contributed by atoms with Gasteiger partial charge in [0.2, 0.25) is 11.8 Å². The van der Waals surface area contributed by atoms with E-state index in [1.165, 1.54) is 0 Å². The van der Waals surface area contributed by atoms with Gasteiger partial charge in [-0.1, -0.05) is 24.8 Å². The van der Waals surface area contributed by atoms with Crippen molar-refractivity contribution in [3.05, 3.63) is 46.5 Å². The monoisotopic (exact) mass is 828 g/mol. The molecule has 2 amide bonds. The summed E-state index contributed by atoms with van der Waals surface area (Å²) in [6.07, 6.45) is 5.17. The van der Waals surface area contributed by atoms with Gasteiger partial charge in [-0.25, -0.2) is 9.59 Å². The normalized spacial score (nSPS) is 22.7. The maximum absolute atomic E-state index is 12.3. The fraction of sp³-hybridized carbons (Fsp3) is 0.556. The molecule has 2 unspecified atom stereocenters. The molecule has 2 atom stereocenters. The molecule has 0 bridgehead atoms. The summed E-state index contributed by atoms with van der Waals surface area (Å²) in [5.74, 6) is -2.29. The molecule has 8 N–H and O–H groups in total. The first-order valence-corrected chi connectivity index (χ1v) is 19.4. The Kier molecular flexibility index (Phi) is 15.6. The number of benzene rings is 2. The Morgan fingerprint density at radius 1 is 0.655 bits per heavy atom. The fourth-order valence-corrected chi connectivity index (χ4v) is 8.00. The molecule has 22 heteroatoms. The van der Waals surface area contributed by atoms with Crippen molar-refractivity contribution in [3.8, 4) is 23.0 Å². The quantitative estimate of drug-likeness (QED) is 0.104. The number of amides is 2. The van der Waals surface area contributed by atoms with Crippen LogP contribution in [0.5, 0.6) is 23.0 Å². The number of carboxylic acid groups (broad SMARTS) is 2. The summed E-state index contributed by atoms with van der Waals surface area (Å²) >= 11 is 0. The number of ether oxygens (including phenoxy) is 2. The molecule has 304 valence electrons. The van der Waals surface area contributed by atoms with Crippen LogP contribution in [-0.2, 0) is 22.4 Å². The number of aryl methyl sites for hydroxylation is 2. The van der Waals surface area contributed by atoms with Crippen LogP contribution in [-0.4, -0.2) is 141 Å². The molecule has 8 rings (SSSR count). The third-order valence-electron chi connectivity index (χ3n) is 11.2. The van der Waals surface area contributed by atoms with Crippen LogP contribution in [0.4, 0.5) is 0 Å². The molecule has 6 aliphatic heterocycles. The van der Waals surface area contributed by atoms with Crippen molar-refractivity contribution in [3.63, 3.8) is 0 Å². The molecule has 18 nitrogen and oxygen atoms in total. The maximum Gasteiger partial charge on any atom is 1.00 e. The number of carbonyl (C=O) groups is 4. The molecule has 58 heavy (non-hydrogen) atoms. The Balaban J connectivity index is 0.000000214. The number of likely N-dealkylation sites (tertiary alicyclic amines) is 2. The number of carbonyl (C=O) groups excluding carboxylic acids is 2. The van der Waals surface area contributed by atoms with Gasteiger partial charge < -0.3 is 69.5 Å². The van der Waals surface area contributed by atoms with Crippen molar-refractivity contribution in [1.82, 2.24) is 20.4 Å². The van der Waals surface area contributed by atoms with Crippen molar-refractivity contribution in [1.29, 1.82) is 0 Å². The second-order valence-electron chi connectivity index (χ2n) is 15.6. The Bertz CT molecular complexity index is 1720. The van der Waals surface area contributed by atoms with E-state index < -0.39 is 25.4 Å². The van der Waals surface area contributed by atoms with Gasteiger partial charge >= 0.3 is 84.6 Å². The van der Waals surface area contributed by atoms with Gasteiger partial charge in [0.15, 0.2) is 0 Å². The SMILES string of the molecule is O=C(O)c1c(OC2CN(C(=O)CC3CCCN3)C2)ccc2c1O[B-](O)(O)CC2.O=C(O)c1c(OC2CN(C(=O)CC3CCCN3)C2)ccc2c1O[B-](O)(O)CC2.[Na+].[Na+]. The number of hydrogen-bond donors (Lipinski definition) is 8. The molecule has 0 saturated carbocycles. The average molecular weight is 828 g/mol. The van der Waals surface area contributed by atoms with Crippen molar-refractivity contribution in [2.45, 2.75) is 88.3 Å². The van der Waals surface area contributed by atoms with Gasteiger partial charge in [-0.05, 0) is 74.9 Å². The van der Waals surface area contributed by atoms with E-state index in [0.717, 1.165) is 38.8 Å². The second-order valence-corrected chi connectivity index (χ2v) is 15.6. The van der Waals surface area contributed by atoms with E-state index in [4.69, 9.17) is 18.8 Å². The number of fused-ring (bicyclic) bond motifs is 2. The number of hydrogen-bond acceptors (Lipinski definition) is 14. The molecule has 6 aliphatic rings. The van der Waals surface area contributed by atoms with Gasteiger partial charge in [-0.2, -0.15) is 0 Å². The Hall–Kier alpha value is -2.59. The smallest absolute Gasteiger partial charge is 0.669 e. The first kappa shape index (κ1) is 46.5. The summed E-state index contributed by atoms with van der Waals surface area (Å²) in [4.78, 5) is 51.5. The molecular weight excluding hydrogens is 780 g/mol. The maximum atomic E-state index is 12.3. The Morgan fingerprint density at radius 2 is 1.03 bits per heavy atom. The van der Waals surface area contributed by atoms with Crippen LogP contribution in [0, 0.1) is 0 Å². The van der Waals surface area contributed by atoms with E-state index in [1.54, 1.807) is 34.1 Å². The standard InChI is InChI=1S/2C18H24BN2O7.2Na/c2*22-15(8-12-2-1-7-20-12)21-9-13(10-21)27-14-4-3-11-5-6-19(25,26)28-17(11)16(14)18(23)24;;/h2*3-4,12-13,20,25-26H,1-2,5-10H2,(H,23,24);;/q2*-1;2*+1. The molecule has 4 saturated heterocycles. The minimum Gasteiger partial charge on any atom is -0.669 e. The van der Waals surface area contributed by atoms with Crippen molar-refractivity contribution < 1.29 is 127 Å². The largest absolute Gasteiger partial charge is 1.00 e. The molecular formula is C36H48B2N4Na2O14. The van der Waals surface area contributed by atoms with Crippen molar-refractivity contribution in [2.24, 2.45) is 0 Å². The summed E-state index contributed by atoms with van der Waals surface area (Å²) in [6.45, 7) is -2.65. The zero-order valence-corrected chi connectivity index (χ0v) is 36.9.